The average molecular weight is 242 g/mol. The van der Waals surface area contributed by atoms with Crippen molar-refractivity contribution in [3.05, 3.63) is 0 Å². The highest BCUT2D eigenvalue weighted by atomic mass is 16.4. The van der Waals surface area contributed by atoms with Crippen LogP contribution in [0.3, 0.4) is 0 Å². The van der Waals surface area contributed by atoms with Crippen LogP contribution in [-0.2, 0) is 4.79 Å². The van der Waals surface area contributed by atoms with Gasteiger partial charge in [-0.1, -0.05) is 13.8 Å². The van der Waals surface area contributed by atoms with Crippen LogP contribution in [0.1, 0.15) is 33.1 Å². The van der Waals surface area contributed by atoms with E-state index in [0.29, 0.717) is 6.04 Å². The summed E-state index contributed by atoms with van der Waals surface area (Å²) in [6.07, 6.45) is 2.62. The second-order valence-electron chi connectivity index (χ2n) is 6.18. The number of hydrogen-bond acceptors (Lipinski definition) is 3. The first-order chi connectivity index (χ1) is 7.80. The van der Waals surface area contributed by atoms with Crippen LogP contribution in [0.4, 0.5) is 0 Å². The molecule has 17 heavy (non-hydrogen) atoms. The summed E-state index contributed by atoms with van der Waals surface area (Å²) in [7, 11) is 4.28. The van der Waals surface area contributed by atoms with Crippen LogP contribution in [0.2, 0.25) is 0 Å². The van der Waals surface area contributed by atoms with E-state index in [0.717, 1.165) is 19.6 Å². The molecule has 100 valence electrons. The topological polar surface area (TPSA) is 43.8 Å². The summed E-state index contributed by atoms with van der Waals surface area (Å²) in [4.78, 5) is 15.5. The highest BCUT2D eigenvalue weighted by Gasteiger charge is 2.28. The summed E-state index contributed by atoms with van der Waals surface area (Å²) in [6.45, 7) is 7.22. The van der Waals surface area contributed by atoms with E-state index in [-0.39, 0.29) is 11.8 Å². The fourth-order valence-electron chi connectivity index (χ4n) is 2.71. The molecular formula is C13H26N2O2. The van der Waals surface area contributed by atoms with Crippen molar-refractivity contribution in [2.45, 2.75) is 39.2 Å². The molecule has 0 atom stereocenters. The predicted octanol–water partition coefficient (Wildman–Crippen LogP) is 1.51. The maximum absolute atomic E-state index is 10.8. The maximum atomic E-state index is 10.8. The highest BCUT2D eigenvalue weighted by molar-refractivity contribution is 5.67. The molecule has 0 aromatic heterocycles. The standard InChI is InChI=1S/C13H26N2O2/c1-13(2,9-12(16)17)10-15(4)11-5-7-14(3)8-6-11/h11H,5-10H2,1-4H3,(H,16,17). The second-order valence-corrected chi connectivity index (χ2v) is 6.18. The van der Waals surface area contributed by atoms with E-state index < -0.39 is 5.97 Å². The Morgan fingerprint density at radius 2 is 1.94 bits per heavy atom. The summed E-state index contributed by atoms with van der Waals surface area (Å²) in [5.41, 5.74) is -0.149. The number of carboxylic acid groups (broad SMARTS) is 1. The number of rotatable bonds is 5. The lowest BCUT2D eigenvalue weighted by Gasteiger charge is -2.38. The van der Waals surface area contributed by atoms with Crippen LogP contribution in [0.25, 0.3) is 0 Å². The summed E-state index contributed by atoms with van der Waals surface area (Å²) in [5.74, 6) is -0.702. The van der Waals surface area contributed by atoms with Gasteiger partial charge < -0.3 is 14.9 Å². The van der Waals surface area contributed by atoms with Gasteiger partial charge in [0.2, 0.25) is 0 Å². The van der Waals surface area contributed by atoms with E-state index in [1.165, 1.54) is 12.8 Å². The molecule has 1 aliphatic rings. The van der Waals surface area contributed by atoms with Crippen LogP contribution in [0.5, 0.6) is 0 Å². The molecule has 0 amide bonds. The smallest absolute Gasteiger partial charge is 0.303 e. The van der Waals surface area contributed by atoms with Crippen LogP contribution in [0, 0.1) is 5.41 Å². The van der Waals surface area contributed by atoms with E-state index in [9.17, 15) is 4.79 Å². The second kappa shape index (κ2) is 5.83. The van der Waals surface area contributed by atoms with Gasteiger partial charge in [0.25, 0.3) is 0 Å². The van der Waals surface area contributed by atoms with Crippen LogP contribution in [0.15, 0.2) is 0 Å². The fourth-order valence-corrected chi connectivity index (χ4v) is 2.71. The van der Waals surface area contributed by atoms with E-state index in [1.807, 2.05) is 13.8 Å². The van der Waals surface area contributed by atoms with Crippen molar-refractivity contribution in [3.8, 4) is 0 Å². The first kappa shape index (κ1) is 14.5. The molecule has 1 N–H and O–H groups in total. The van der Waals surface area contributed by atoms with Crippen molar-refractivity contribution in [1.29, 1.82) is 0 Å². The van der Waals surface area contributed by atoms with Crippen LogP contribution < -0.4 is 0 Å². The molecule has 1 fully saturated rings. The minimum atomic E-state index is -0.702. The maximum Gasteiger partial charge on any atom is 0.303 e. The monoisotopic (exact) mass is 242 g/mol. The summed E-state index contributed by atoms with van der Waals surface area (Å²) in [6, 6.07) is 0.610. The van der Waals surface area contributed by atoms with Crippen molar-refractivity contribution in [3.63, 3.8) is 0 Å². The van der Waals surface area contributed by atoms with Gasteiger partial charge in [0.15, 0.2) is 0 Å². The van der Waals surface area contributed by atoms with Crippen molar-refractivity contribution in [2.75, 3.05) is 33.7 Å². The largest absolute Gasteiger partial charge is 0.481 e. The van der Waals surface area contributed by atoms with E-state index in [2.05, 4.69) is 23.9 Å². The van der Waals surface area contributed by atoms with Gasteiger partial charge in [-0.25, -0.2) is 0 Å². The SMILES string of the molecule is CN1CCC(N(C)CC(C)(C)CC(=O)O)CC1. The Hall–Kier alpha value is -0.610. The minimum Gasteiger partial charge on any atom is -0.481 e. The van der Waals surface area contributed by atoms with E-state index in [1.54, 1.807) is 0 Å². The number of hydrogen-bond donors (Lipinski definition) is 1. The van der Waals surface area contributed by atoms with Gasteiger partial charge in [0.05, 0.1) is 6.42 Å². The molecule has 0 spiro atoms. The zero-order valence-electron chi connectivity index (χ0n) is 11.6. The quantitative estimate of drug-likeness (QED) is 0.794. The number of carbonyl (C=O) groups is 1. The van der Waals surface area contributed by atoms with Crippen molar-refractivity contribution in [2.24, 2.45) is 5.41 Å². The lowest BCUT2D eigenvalue weighted by Crippen LogP contribution is -2.45. The minimum absolute atomic E-state index is 0.149. The lowest BCUT2D eigenvalue weighted by atomic mass is 9.88. The molecule has 4 nitrogen and oxygen atoms in total. The third kappa shape index (κ3) is 5.04. The molecule has 1 aliphatic heterocycles. The Morgan fingerprint density at radius 1 is 1.41 bits per heavy atom. The van der Waals surface area contributed by atoms with Gasteiger partial charge in [0, 0.05) is 12.6 Å². The van der Waals surface area contributed by atoms with Crippen molar-refractivity contribution < 1.29 is 9.90 Å². The van der Waals surface area contributed by atoms with Gasteiger partial charge in [-0.05, 0) is 45.4 Å². The normalized spacial score (nSPS) is 19.8. The van der Waals surface area contributed by atoms with Crippen molar-refractivity contribution in [1.82, 2.24) is 9.80 Å². The predicted molar refractivity (Wildman–Crippen MR) is 69.2 cm³/mol. The molecule has 4 heteroatoms. The summed E-state index contributed by atoms with van der Waals surface area (Å²) >= 11 is 0. The third-order valence-corrected chi connectivity index (χ3v) is 3.62. The van der Waals surface area contributed by atoms with Gasteiger partial charge in [-0.2, -0.15) is 0 Å². The Balaban J connectivity index is 2.42. The lowest BCUT2D eigenvalue weighted by molar-refractivity contribution is -0.139. The highest BCUT2D eigenvalue weighted by Crippen LogP contribution is 2.24. The Bertz CT molecular complexity index is 258. The molecule has 1 heterocycles. The Morgan fingerprint density at radius 3 is 2.41 bits per heavy atom. The average Bonchev–Trinajstić information content (AvgIpc) is 2.15. The third-order valence-electron chi connectivity index (χ3n) is 3.62. The van der Waals surface area contributed by atoms with Gasteiger partial charge in [-0.3, -0.25) is 4.79 Å². The molecule has 0 aromatic rings. The number of nitrogens with zero attached hydrogens (tertiary/aromatic N) is 2. The number of likely N-dealkylation sites (tertiary alicyclic amines) is 1. The van der Waals surface area contributed by atoms with Gasteiger partial charge in [0.1, 0.15) is 0 Å². The number of carboxylic acids is 1. The zero-order valence-corrected chi connectivity index (χ0v) is 11.6. The first-order valence-electron chi connectivity index (χ1n) is 6.41. The Kier molecular flexibility index (Phi) is 4.95. The van der Waals surface area contributed by atoms with Crippen LogP contribution in [-0.4, -0.2) is 60.6 Å². The van der Waals surface area contributed by atoms with Gasteiger partial charge in [-0.15, -0.1) is 0 Å². The molecule has 0 saturated carbocycles. The van der Waals surface area contributed by atoms with E-state index in [4.69, 9.17) is 5.11 Å². The van der Waals surface area contributed by atoms with Crippen LogP contribution >= 0.6 is 0 Å². The summed E-state index contributed by atoms with van der Waals surface area (Å²) < 4.78 is 0. The molecule has 0 radical (unpaired) electrons. The number of aliphatic carboxylic acids is 1. The molecule has 0 bridgehead atoms. The van der Waals surface area contributed by atoms with E-state index >= 15 is 0 Å². The number of piperidine rings is 1. The molecule has 0 aromatic carbocycles. The molecule has 1 rings (SSSR count). The molecule has 0 aliphatic carbocycles. The fraction of sp³-hybridized carbons (Fsp3) is 0.923. The molecule has 0 unspecified atom stereocenters. The molecular weight excluding hydrogens is 216 g/mol. The summed E-state index contributed by atoms with van der Waals surface area (Å²) in [5, 5.41) is 8.88. The Labute approximate surface area is 105 Å². The van der Waals surface area contributed by atoms with Crippen molar-refractivity contribution >= 4 is 5.97 Å². The first-order valence-corrected chi connectivity index (χ1v) is 6.41. The van der Waals surface area contributed by atoms with Gasteiger partial charge >= 0.3 is 5.97 Å². The zero-order chi connectivity index (χ0) is 13.1. The molecule has 1 saturated heterocycles.